The predicted octanol–water partition coefficient (Wildman–Crippen LogP) is 2.72. The number of benzene rings is 1. The number of amides is 1. The van der Waals surface area contributed by atoms with Crippen molar-refractivity contribution in [2.75, 3.05) is 7.11 Å². The van der Waals surface area contributed by atoms with Crippen molar-refractivity contribution in [3.8, 4) is 5.75 Å². The van der Waals surface area contributed by atoms with Gasteiger partial charge in [-0.15, -0.1) is 0 Å². The van der Waals surface area contributed by atoms with E-state index >= 15 is 0 Å². The summed E-state index contributed by atoms with van der Waals surface area (Å²) < 4.78 is 10.3. The number of hydrogen-bond donors (Lipinski definition) is 1. The van der Waals surface area contributed by atoms with Gasteiger partial charge >= 0.3 is 5.63 Å². The summed E-state index contributed by atoms with van der Waals surface area (Å²) in [6.07, 6.45) is 1.82. The second-order valence-corrected chi connectivity index (χ2v) is 5.01. The van der Waals surface area contributed by atoms with E-state index in [0.717, 1.165) is 12.8 Å². The van der Waals surface area contributed by atoms with Gasteiger partial charge < -0.3 is 14.5 Å². The van der Waals surface area contributed by atoms with Crippen molar-refractivity contribution in [3.05, 3.63) is 40.2 Å². The highest BCUT2D eigenvalue weighted by atomic mass is 16.5. The van der Waals surface area contributed by atoms with Gasteiger partial charge in [0.05, 0.1) is 7.11 Å². The minimum absolute atomic E-state index is 0.0127. The van der Waals surface area contributed by atoms with Crippen LogP contribution in [0.3, 0.4) is 0 Å². The lowest BCUT2D eigenvalue weighted by Crippen LogP contribution is -2.35. The number of carbonyl (C=O) groups is 1. The summed E-state index contributed by atoms with van der Waals surface area (Å²) in [7, 11) is 1.56. The summed E-state index contributed by atoms with van der Waals surface area (Å²) in [6.45, 7) is 3.95. The maximum absolute atomic E-state index is 12.1. The molecule has 0 spiro atoms. The number of hydrogen-bond acceptors (Lipinski definition) is 4. The Kier molecular flexibility index (Phi) is 4.62. The molecule has 0 bridgehead atoms. The van der Waals surface area contributed by atoms with E-state index in [1.807, 2.05) is 13.8 Å². The van der Waals surface area contributed by atoms with Crippen molar-refractivity contribution in [3.63, 3.8) is 0 Å². The van der Waals surface area contributed by atoms with E-state index in [2.05, 4.69) is 5.32 Å². The molecular weight excluding hydrogens is 270 g/mol. The van der Waals surface area contributed by atoms with Gasteiger partial charge in [-0.3, -0.25) is 4.79 Å². The van der Waals surface area contributed by atoms with E-state index in [0.29, 0.717) is 16.7 Å². The molecule has 1 aromatic carbocycles. The van der Waals surface area contributed by atoms with Crippen LogP contribution in [0.5, 0.6) is 5.75 Å². The third kappa shape index (κ3) is 3.42. The summed E-state index contributed by atoms with van der Waals surface area (Å²) in [5.74, 6) is 0.233. The molecule has 0 saturated heterocycles. The molecule has 0 fully saturated rings. The molecule has 0 unspecified atom stereocenters. The highest BCUT2D eigenvalue weighted by Gasteiger charge is 2.15. The van der Waals surface area contributed by atoms with Crippen LogP contribution in [0.2, 0.25) is 0 Å². The van der Waals surface area contributed by atoms with Crippen molar-refractivity contribution in [1.29, 1.82) is 0 Å². The zero-order chi connectivity index (χ0) is 15.4. The summed E-state index contributed by atoms with van der Waals surface area (Å²) in [4.78, 5) is 24.1. The fraction of sp³-hybridized carbons (Fsp3) is 0.375. The first-order chi connectivity index (χ1) is 10.0. The van der Waals surface area contributed by atoms with E-state index in [1.54, 1.807) is 25.3 Å². The van der Waals surface area contributed by atoms with Crippen LogP contribution in [0.1, 0.15) is 37.0 Å². The maximum atomic E-state index is 12.1. The Morgan fingerprint density at radius 1 is 1.38 bits per heavy atom. The van der Waals surface area contributed by atoms with Gasteiger partial charge in [0, 0.05) is 11.4 Å². The minimum atomic E-state index is -0.631. The molecule has 0 radical (unpaired) electrons. The Morgan fingerprint density at radius 2 is 2.14 bits per heavy atom. The van der Waals surface area contributed by atoms with Crippen molar-refractivity contribution >= 4 is 16.9 Å². The van der Waals surface area contributed by atoms with Crippen molar-refractivity contribution in [1.82, 2.24) is 5.32 Å². The Bertz CT molecular complexity index is 705. The summed E-state index contributed by atoms with van der Waals surface area (Å²) in [5, 5.41) is 3.46. The highest BCUT2D eigenvalue weighted by Crippen LogP contribution is 2.20. The number of nitrogens with one attached hydrogen (secondary N) is 1. The second kappa shape index (κ2) is 6.43. The molecule has 5 heteroatoms. The van der Waals surface area contributed by atoms with Gasteiger partial charge in [-0.25, -0.2) is 4.79 Å². The minimum Gasteiger partial charge on any atom is -0.497 e. The van der Waals surface area contributed by atoms with Crippen LogP contribution >= 0.6 is 0 Å². The first kappa shape index (κ1) is 15.1. The van der Waals surface area contributed by atoms with Crippen LogP contribution in [0.25, 0.3) is 11.0 Å². The standard InChI is InChI=1S/C16H19NO4/c1-4-5-10(2)17-15(18)13-9-11-8-12(20-3)6-7-14(11)21-16(13)19/h6-10H,4-5H2,1-3H3,(H,17,18)/t10-/m1/s1. The third-order valence-corrected chi connectivity index (χ3v) is 3.28. The third-order valence-electron chi connectivity index (χ3n) is 3.28. The largest absolute Gasteiger partial charge is 0.497 e. The Balaban J connectivity index is 2.37. The van der Waals surface area contributed by atoms with E-state index in [1.165, 1.54) is 6.07 Å². The topological polar surface area (TPSA) is 68.5 Å². The Morgan fingerprint density at radius 3 is 2.81 bits per heavy atom. The maximum Gasteiger partial charge on any atom is 0.349 e. The lowest BCUT2D eigenvalue weighted by molar-refractivity contribution is 0.0935. The molecular formula is C16H19NO4. The average molecular weight is 289 g/mol. The lowest BCUT2D eigenvalue weighted by atomic mass is 10.1. The number of ether oxygens (including phenoxy) is 1. The van der Waals surface area contributed by atoms with Crippen molar-refractivity contribution < 1.29 is 13.9 Å². The molecule has 1 N–H and O–H groups in total. The van der Waals surface area contributed by atoms with Crippen LogP contribution in [-0.2, 0) is 0 Å². The van der Waals surface area contributed by atoms with Gasteiger partial charge in [-0.05, 0) is 37.6 Å². The molecule has 2 aromatic rings. The molecule has 1 aromatic heterocycles. The SMILES string of the molecule is CCC[C@@H](C)NC(=O)c1cc2cc(OC)ccc2oc1=O. The second-order valence-electron chi connectivity index (χ2n) is 5.01. The Hall–Kier alpha value is -2.30. The summed E-state index contributed by atoms with van der Waals surface area (Å²) in [6, 6.07) is 6.64. The first-order valence-corrected chi connectivity index (χ1v) is 6.98. The zero-order valence-corrected chi connectivity index (χ0v) is 12.4. The highest BCUT2D eigenvalue weighted by molar-refractivity contribution is 5.96. The normalized spacial score (nSPS) is 12.1. The molecule has 112 valence electrons. The van der Waals surface area contributed by atoms with Crippen LogP contribution in [0.4, 0.5) is 0 Å². The molecule has 21 heavy (non-hydrogen) atoms. The molecule has 0 aliphatic heterocycles. The Labute approximate surface area is 122 Å². The smallest absolute Gasteiger partial charge is 0.349 e. The van der Waals surface area contributed by atoms with Crippen molar-refractivity contribution in [2.24, 2.45) is 0 Å². The van der Waals surface area contributed by atoms with Crippen LogP contribution in [-0.4, -0.2) is 19.1 Å². The summed E-state index contributed by atoms with van der Waals surface area (Å²) in [5.41, 5.74) is -0.188. The quantitative estimate of drug-likeness (QED) is 0.859. The fourth-order valence-electron chi connectivity index (χ4n) is 2.19. The van der Waals surface area contributed by atoms with Gasteiger partial charge in [-0.1, -0.05) is 13.3 Å². The van der Waals surface area contributed by atoms with E-state index in [9.17, 15) is 9.59 Å². The number of rotatable bonds is 5. The molecule has 1 atom stereocenters. The van der Waals surface area contributed by atoms with Crippen molar-refractivity contribution in [2.45, 2.75) is 32.7 Å². The van der Waals surface area contributed by atoms with E-state index in [-0.39, 0.29) is 11.6 Å². The molecule has 0 aliphatic carbocycles. The van der Waals surface area contributed by atoms with Gasteiger partial charge in [-0.2, -0.15) is 0 Å². The van der Waals surface area contributed by atoms with Crippen LogP contribution < -0.4 is 15.7 Å². The molecule has 0 aliphatic rings. The molecule has 5 nitrogen and oxygen atoms in total. The fourth-order valence-corrected chi connectivity index (χ4v) is 2.19. The monoisotopic (exact) mass is 289 g/mol. The number of methoxy groups -OCH3 is 1. The molecule has 2 rings (SSSR count). The van der Waals surface area contributed by atoms with E-state index < -0.39 is 11.5 Å². The first-order valence-electron chi connectivity index (χ1n) is 6.98. The summed E-state index contributed by atoms with van der Waals surface area (Å²) >= 11 is 0. The van der Waals surface area contributed by atoms with Gasteiger partial charge in [0.1, 0.15) is 16.9 Å². The van der Waals surface area contributed by atoms with Gasteiger partial charge in [0.25, 0.3) is 5.91 Å². The van der Waals surface area contributed by atoms with E-state index in [4.69, 9.17) is 9.15 Å². The average Bonchev–Trinajstić information content (AvgIpc) is 2.46. The molecule has 0 saturated carbocycles. The van der Waals surface area contributed by atoms with Gasteiger partial charge in [0.2, 0.25) is 0 Å². The predicted molar refractivity (Wildman–Crippen MR) is 80.9 cm³/mol. The number of fused-ring (bicyclic) bond motifs is 1. The van der Waals surface area contributed by atoms with Crippen LogP contribution in [0, 0.1) is 0 Å². The zero-order valence-electron chi connectivity index (χ0n) is 12.4. The van der Waals surface area contributed by atoms with Crippen LogP contribution in [0.15, 0.2) is 33.5 Å². The molecule has 1 amide bonds. The lowest BCUT2D eigenvalue weighted by Gasteiger charge is -2.12. The number of carbonyl (C=O) groups excluding carboxylic acids is 1. The molecule has 1 heterocycles. The van der Waals surface area contributed by atoms with Gasteiger partial charge in [0.15, 0.2) is 0 Å².